The summed E-state index contributed by atoms with van der Waals surface area (Å²) in [4.78, 5) is 23.9. The smallest absolute Gasteiger partial charge is 0.348 e. The molecule has 0 aliphatic heterocycles. The molecule has 0 saturated carbocycles. The monoisotopic (exact) mass is 399 g/mol. The third-order valence-electron chi connectivity index (χ3n) is 3.60. The Morgan fingerprint density at radius 2 is 1.86 bits per heavy atom. The molecule has 6 nitrogen and oxygen atoms in total. The van der Waals surface area contributed by atoms with Gasteiger partial charge < -0.3 is 14.2 Å². The molecule has 0 saturated heterocycles. The second-order valence-corrected chi connectivity index (χ2v) is 6.01. The fraction of sp³-hybridized carbons (Fsp3) is 0.190. The Labute approximate surface area is 167 Å². The molecular formula is C21H18ClNO5. The first kappa shape index (κ1) is 21.0. The molecule has 0 aromatic heterocycles. The zero-order valence-electron chi connectivity index (χ0n) is 15.4. The van der Waals surface area contributed by atoms with Gasteiger partial charge in [-0.2, -0.15) is 5.26 Å². The van der Waals surface area contributed by atoms with Crippen LogP contribution in [0.25, 0.3) is 6.08 Å². The Morgan fingerprint density at radius 3 is 2.46 bits per heavy atom. The zero-order valence-corrected chi connectivity index (χ0v) is 16.2. The molecule has 0 unspecified atom stereocenters. The Bertz CT molecular complexity index is 929. The number of carbonyl (C=O) groups is 2. The maximum Gasteiger partial charge on any atom is 0.348 e. The summed E-state index contributed by atoms with van der Waals surface area (Å²) in [6.45, 7) is 1.83. The van der Waals surface area contributed by atoms with Crippen LogP contribution >= 0.6 is 11.6 Å². The van der Waals surface area contributed by atoms with Crippen LogP contribution in [-0.2, 0) is 20.7 Å². The molecule has 0 aliphatic carbocycles. The van der Waals surface area contributed by atoms with Gasteiger partial charge in [-0.1, -0.05) is 29.8 Å². The van der Waals surface area contributed by atoms with Gasteiger partial charge in [0.15, 0.2) is 11.5 Å². The molecule has 0 aliphatic rings. The lowest BCUT2D eigenvalue weighted by Crippen LogP contribution is -2.12. The molecule has 2 rings (SSSR count). The molecule has 144 valence electrons. The zero-order chi connectivity index (χ0) is 20.5. The van der Waals surface area contributed by atoms with Crippen molar-refractivity contribution < 1.29 is 23.8 Å². The summed E-state index contributed by atoms with van der Waals surface area (Å²) in [7, 11) is 1.43. The van der Waals surface area contributed by atoms with E-state index >= 15 is 0 Å². The van der Waals surface area contributed by atoms with Gasteiger partial charge in [0.1, 0.15) is 11.6 Å². The van der Waals surface area contributed by atoms with E-state index in [4.69, 9.17) is 31.1 Å². The fourth-order valence-corrected chi connectivity index (χ4v) is 2.42. The van der Waals surface area contributed by atoms with Gasteiger partial charge in [0.25, 0.3) is 0 Å². The van der Waals surface area contributed by atoms with E-state index < -0.39 is 11.9 Å². The van der Waals surface area contributed by atoms with Crippen LogP contribution in [0.2, 0.25) is 5.02 Å². The van der Waals surface area contributed by atoms with Crippen LogP contribution < -0.4 is 9.47 Å². The number of hydrogen-bond acceptors (Lipinski definition) is 6. The minimum atomic E-state index is -0.706. The van der Waals surface area contributed by atoms with E-state index in [1.165, 1.54) is 19.3 Å². The Kier molecular flexibility index (Phi) is 7.61. The highest BCUT2D eigenvalue weighted by Gasteiger charge is 2.14. The minimum Gasteiger partial charge on any atom is -0.493 e. The molecule has 28 heavy (non-hydrogen) atoms. The number of carbonyl (C=O) groups excluding carboxylic acids is 2. The molecular weight excluding hydrogens is 382 g/mol. The quantitative estimate of drug-likeness (QED) is 0.303. The van der Waals surface area contributed by atoms with Gasteiger partial charge in [0.05, 0.1) is 20.1 Å². The van der Waals surface area contributed by atoms with E-state index in [-0.39, 0.29) is 24.4 Å². The molecule has 0 N–H and O–H groups in total. The normalized spacial score (nSPS) is 10.7. The van der Waals surface area contributed by atoms with Gasteiger partial charge in [-0.3, -0.25) is 4.79 Å². The molecule has 2 aromatic carbocycles. The first-order valence-corrected chi connectivity index (χ1v) is 8.76. The van der Waals surface area contributed by atoms with Crippen molar-refractivity contribution in [2.45, 2.75) is 13.3 Å². The molecule has 0 heterocycles. The SMILES string of the molecule is CCOC(=O)/C(C#N)=C/c1ccc(OC(=O)Cc2ccc(Cl)cc2)c(OC)c1. The number of rotatable bonds is 7. The van der Waals surface area contributed by atoms with E-state index in [1.807, 2.05) is 0 Å². The van der Waals surface area contributed by atoms with E-state index in [0.29, 0.717) is 16.3 Å². The Morgan fingerprint density at radius 1 is 1.14 bits per heavy atom. The minimum absolute atomic E-state index is 0.0728. The summed E-state index contributed by atoms with van der Waals surface area (Å²) >= 11 is 5.83. The molecule has 0 amide bonds. The van der Waals surface area contributed by atoms with Crippen LogP contribution in [0.15, 0.2) is 48.0 Å². The van der Waals surface area contributed by atoms with Crippen LogP contribution in [0.5, 0.6) is 11.5 Å². The molecule has 0 fully saturated rings. The average Bonchev–Trinajstić information content (AvgIpc) is 2.68. The second kappa shape index (κ2) is 10.1. The predicted molar refractivity (Wildman–Crippen MR) is 104 cm³/mol. The number of methoxy groups -OCH3 is 1. The first-order chi connectivity index (χ1) is 13.5. The number of halogens is 1. The van der Waals surface area contributed by atoms with E-state index in [1.54, 1.807) is 49.4 Å². The van der Waals surface area contributed by atoms with Crippen molar-refractivity contribution in [1.82, 2.24) is 0 Å². The third kappa shape index (κ3) is 5.86. The molecule has 0 atom stereocenters. The van der Waals surface area contributed by atoms with Crippen molar-refractivity contribution in [1.29, 1.82) is 5.26 Å². The lowest BCUT2D eigenvalue weighted by Gasteiger charge is -2.10. The van der Waals surface area contributed by atoms with Gasteiger partial charge in [-0.15, -0.1) is 0 Å². The average molecular weight is 400 g/mol. The van der Waals surface area contributed by atoms with Gasteiger partial charge in [0.2, 0.25) is 0 Å². The highest BCUT2D eigenvalue weighted by atomic mass is 35.5. The van der Waals surface area contributed by atoms with Crippen LogP contribution in [0, 0.1) is 11.3 Å². The van der Waals surface area contributed by atoms with Gasteiger partial charge in [0, 0.05) is 5.02 Å². The van der Waals surface area contributed by atoms with Gasteiger partial charge in [-0.05, 0) is 48.4 Å². The summed E-state index contributed by atoms with van der Waals surface area (Å²) in [6.07, 6.45) is 1.45. The topological polar surface area (TPSA) is 85.6 Å². The van der Waals surface area contributed by atoms with Crippen LogP contribution in [0.1, 0.15) is 18.1 Å². The second-order valence-electron chi connectivity index (χ2n) is 5.58. The summed E-state index contributed by atoms with van der Waals surface area (Å²) in [6, 6.07) is 13.4. The Balaban J connectivity index is 2.16. The first-order valence-electron chi connectivity index (χ1n) is 8.39. The fourth-order valence-electron chi connectivity index (χ4n) is 2.30. The number of nitrogens with zero attached hydrogens (tertiary/aromatic N) is 1. The van der Waals surface area contributed by atoms with Crippen molar-refractivity contribution in [3.8, 4) is 17.6 Å². The third-order valence-corrected chi connectivity index (χ3v) is 3.85. The van der Waals surface area contributed by atoms with Gasteiger partial charge >= 0.3 is 11.9 Å². The standard InChI is InChI=1S/C21H18ClNO5/c1-3-27-21(25)16(13-23)10-15-6-9-18(19(11-15)26-2)28-20(24)12-14-4-7-17(22)8-5-14/h4-11H,3,12H2,1-2H3/b16-10+. The highest BCUT2D eigenvalue weighted by molar-refractivity contribution is 6.30. The number of benzene rings is 2. The van der Waals surface area contributed by atoms with Gasteiger partial charge in [-0.25, -0.2) is 4.79 Å². The van der Waals surface area contributed by atoms with Crippen molar-refractivity contribution in [3.63, 3.8) is 0 Å². The van der Waals surface area contributed by atoms with Crippen molar-refractivity contribution in [2.75, 3.05) is 13.7 Å². The highest BCUT2D eigenvalue weighted by Crippen LogP contribution is 2.29. The van der Waals surface area contributed by atoms with Crippen molar-refractivity contribution in [2.24, 2.45) is 0 Å². The largest absolute Gasteiger partial charge is 0.493 e. The Hall–Kier alpha value is -3.30. The number of ether oxygens (including phenoxy) is 3. The van der Waals surface area contributed by atoms with Crippen molar-refractivity contribution >= 4 is 29.6 Å². The maximum atomic E-state index is 12.2. The van der Waals surface area contributed by atoms with Crippen LogP contribution in [0.4, 0.5) is 0 Å². The number of nitriles is 1. The molecule has 0 spiro atoms. The number of hydrogen-bond donors (Lipinski definition) is 0. The van der Waals surface area contributed by atoms with Crippen LogP contribution in [0.3, 0.4) is 0 Å². The molecule has 7 heteroatoms. The molecule has 0 bridgehead atoms. The maximum absolute atomic E-state index is 12.2. The van der Waals surface area contributed by atoms with Crippen molar-refractivity contribution in [3.05, 3.63) is 64.2 Å². The summed E-state index contributed by atoms with van der Waals surface area (Å²) in [5, 5.41) is 9.70. The summed E-state index contributed by atoms with van der Waals surface area (Å²) in [5.41, 5.74) is 1.15. The van der Waals surface area contributed by atoms with E-state index in [0.717, 1.165) is 5.56 Å². The van der Waals surface area contributed by atoms with Crippen LogP contribution in [-0.4, -0.2) is 25.7 Å². The number of esters is 2. The lowest BCUT2D eigenvalue weighted by atomic mass is 10.1. The molecule has 0 radical (unpaired) electrons. The summed E-state index contributed by atoms with van der Waals surface area (Å²) in [5.74, 6) is -0.650. The van der Waals surface area contributed by atoms with E-state index in [9.17, 15) is 9.59 Å². The predicted octanol–water partition coefficient (Wildman–Crippen LogP) is 3.97. The summed E-state index contributed by atoms with van der Waals surface area (Å²) < 4.78 is 15.4. The van der Waals surface area contributed by atoms with E-state index in [2.05, 4.69) is 0 Å². The molecule has 2 aromatic rings. The lowest BCUT2D eigenvalue weighted by molar-refractivity contribution is -0.138.